The van der Waals surface area contributed by atoms with Gasteiger partial charge in [0.15, 0.2) is 0 Å². The summed E-state index contributed by atoms with van der Waals surface area (Å²) in [6.07, 6.45) is 0. The smallest absolute Gasteiger partial charge is 0.213 e. The summed E-state index contributed by atoms with van der Waals surface area (Å²) < 4.78 is 27.8. The lowest BCUT2D eigenvalue weighted by Gasteiger charge is -2.06. The number of nitrogens with zero attached hydrogens (tertiary/aromatic N) is 2. The molecule has 0 fully saturated rings. The van der Waals surface area contributed by atoms with Gasteiger partial charge in [-0.3, -0.25) is 5.10 Å². The summed E-state index contributed by atoms with van der Waals surface area (Å²) in [5.74, 6) is -0.590. The summed E-state index contributed by atoms with van der Waals surface area (Å²) in [6, 6.07) is 2.65. The van der Waals surface area contributed by atoms with E-state index in [9.17, 15) is 8.78 Å². The van der Waals surface area contributed by atoms with Crippen molar-refractivity contribution in [3.63, 3.8) is 0 Å². The van der Waals surface area contributed by atoms with Crippen LogP contribution >= 0.6 is 11.8 Å². The Morgan fingerprint density at radius 2 is 2.00 bits per heavy atom. The molecular weight excluding hydrogens is 270 g/mol. The molecule has 0 radical (unpaired) electrons. The van der Waals surface area contributed by atoms with Crippen molar-refractivity contribution >= 4 is 11.8 Å². The van der Waals surface area contributed by atoms with Crippen LogP contribution in [0.2, 0.25) is 0 Å². The average Bonchev–Trinajstić information content (AvgIpc) is 2.77. The SMILES string of the molecule is CCNCc1cc(F)c(Sc2n[nH]c(C)n2)c(F)c1. The van der Waals surface area contributed by atoms with Crippen LogP contribution in [0.5, 0.6) is 0 Å². The molecule has 1 aromatic heterocycles. The topological polar surface area (TPSA) is 53.6 Å². The highest BCUT2D eigenvalue weighted by atomic mass is 32.2. The van der Waals surface area contributed by atoms with Gasteiger partial charge in [0.05, 0.1) is 4.90 Å². The maximum absolute atomic E-state index is 13.9. The zero-order valence-corrected chi connectivity index (χ0v) is 11.4. The zero-order valence-electron chi connectivity index (χ0n) is 10.6. The second kappa shape index (κ2) is 6.12. The lowest BCUT2D eigenvalue weighted by molar-refractivity contribution is 0.534. The fourth-order valence-corrected chi connectivity index (χ4v) is 2.31. The molecule has 2 aromatic rings. The van der Waals surface area contributed by atoms with Gasteiger partial charge < -0.3 is 5.32 Å². The van der Waals surface area contributed by atoms with Crippen molar-refractivity contribution in [1.29, 1.82) is 0 Å². The highest BCUT2D eigenvalue weighted by Crippen LogP contribution is 2.30. The first kappa shape index (κ1) is 14.0. The van der Waals surface area contributed by atoms with Crippen LogP contribution in [-0.2, 0) is 6.54 Å². The normalized spacial score (nSPS) is 10.9. The van der Waals surface area contributed by atoms with Crippen LogP contribution in [0.1, 0.15) is 18.3 Å². The van der Waals surface area contributed by atoms with E-state index in [0.717, 1.165) is 18.3 Å². The molecule has 4 nitrogen and oxygen atoms in total. The number of hydrogen-bond acceptors (Lipinski definition) is 4. The number of H-pyrrole nitrogens is 1. The van der Waals surface area contributed by atoms with E-state index < -0.39 is 11.6 Å². The molecule has 1 aromatic carbocycles. The molecule has 19 heavy (non-hydrogen) atoms. The summed E-state index contributed by atoms with van der Waals surface area (Å²) in [4.78, 5) is 3.93. The van der Waals surface area contributed by atoms with Gasteiger partial charge in [-0.2, -0.15) is 0 Å². The molecule has 0 spiro atoms. The van der Waals surface area contributed by atoms with E-state index in [1.807, 2.05) is 6.92 Å². The van der Waals surface area contributed by atoms with Crippen molar-refractivity contribution in [2.24, 2.45) is 0 Å². The van der Waals surface area contributed by atoms with Crippen LogP contribution in [0.15, 0.2) is 22.2 Å². The van der Waals surface area contributed by atoms with Crippen LogP contribution in [0, 0.1) is 18.6 Å². The zero-order chi connectivity index (χ0) is 13.8. The Labute approximate surface area is 114 Å². The highest BCUT2D eigenvalue weighted by Gasteiger charge is 2.14. The quantitative estimate of drug-likeness (QED) is 0.886. The van der Waals surface area contributed by atoms with Gasteiger partial charge in [-0.1, -0.05) is 6.92 Å². The largest absolute Gasteiger partial charge is 0.313 e. The third kappa shape index (κ3) is 3.51. The Bertz CT molecular complexity index is 548. The highest BCUT2D eigenvalue weighted by molar-refractivity contribution is 7.99. The number of rotatable bonds is 5. The van der Waals surface area contributed by atoms with Crippen LogP contribution in [-0.4, -0.2) is 21.7 Å². The maximum atomic E-state index is 13.9. The van der Waals surface area contributed by atoms with Crippen molar-refractivity contribution in [2.45, 2.75) is 30.4 Å². The van der Waals surface area contributed by atoms with E-state index >= 15 is 0 Å². The van der Waals surface area contributed by atoms with Gasteiger partial charge in [0.2, 0.25) is 5.16 Å². The molecule has 0 atom stereocenters. The molecule has 0 amide bonds. The summed E-state index contributed by atoms with van der Waals surface area (Å²) in [5, 5.41) is 9.80. The molecule has 0 saturated heterocycles. The van der Waals surface area contributed by atoms with Gasteiger partial charge in [0.1, 0.15) is 17.5 Å². The third-order valence-electron chi connectivity index (χ3n) is 2.41. The lowest BCUT2D eigenvalue weighted by atomic mass is 10.2. The molecule has 0 aliphatic carbocycles. The monoisotopic (exact) mass is 284 g/mol. The lowest BCUT2D eigenvalue weighted by Crippen LogP contribution is -2.12. The number of nitrogens with one attached hydrogen (secondary N) is 2. The Morgan fingerprint density at radius 3 is 2.53 bits per heavy atom. The number of aromatic amines is 1. The molecule has 0 unspecified atom stereocenters. The van der Waals surface area contributed by atoms with Crippen LogP contribution in [0.3, 0.4) is 0 Å². The van der Waals surface area contributed by atoms with E-state index in [-0.39, 0.29) is 4.90 Å². The molecule has 102 valence electrons. The minimum absolute atomic E-state index is 0.0840. The van der Waals surface area contributed by atoms with Crippen LogP contribution in [0.4, 0.5) is 8.78 Å². The number of halogens is 2. The molecule has 0 aliphatic rings. The average molecular weight is 284 g/mol. The Hall–Kier alpha value is -1.47. The first-order chi connectivity index (χ1) is 9.10. The maximum Gasteiger partial charge on any atom is 0.213 e. The van der Waals surface area contributed by atoms with Gasteiger partial charge in [-0.25, -0.2) is 13.8 Å². The third-order valence-corrected chi connectivity index (χ3v) is 3.37. The fraction of sp³-hybridized carbons (Fsp3) is 0.333. The number of aryl methyl sites for hydroxylation is 1. The van der Waals surface area contributed by atoms with Gasteiger partial charge in [0, 0.05) is 6.54 Å². The second-order valence-corrected chi connectivity index (χ2v) is 4.95. The molecule has 0 aliphatic heterocycles. The predicted molar refractivity (Wildman–Crippen MR) is 69.0 cm³/mol. The van der Waals surface area contributed by atoms with Crippen molar-refractivity contribution in [3.8, 4) is 0 Å². The first-order valence-electron chi connectivity index (χ1n) is 5.85. The standard InChI is InChI=1S/C12H14F2N4S/c1-3-15-6-8-4-9(13)11(10(14)5-8)19-12-16-7(2)17-18-12/h4-5,15H,3,6H2,1-2H3,(H,16,17,18). The predicted octanol–water partition coefficient (Wildman–Crippen LogP) is 2.65. The minimum Gasteiger partial charge on any atom is -0.313 e. The van der Waals surface area contributed by atoms with Gasteiger partial charge in [-0.05, 0) is 42.9 Å². The van der Waals surface area contributed by atoms with Crippen molar-refractivity contribution < 1.29 is 8.78 Å². The van der Waals surface area contributed by atoms with Gasteiger partial charge in [0.25, 0.3) is 0 Å². The first-order valence-corrected chi connectivity index (χ1v) is 6.67. The molecule has 2 N–H and O–H groups in total. The van der Waals surface area contributed by atoms with Gasteiger partial charge >= 0.3 is 0 Å². The van der Waals surface area contributed by atoms with E-state index in [0.29, 0.717) is 23.1 Å². The molecule has 1 heterocycles. The summed E-state index contributed by atoms with van der Waals surface area (Å²) >= 11 is 0.870. The van der Waals surface area contributed by atoms with Crippen LogP contribution < -0.4 is 5.32 Å². The second-order valence-electron chi connectivity index (χ2n) is 3.97. The Morgan fingerprint density at radius 1 is 1.32 bits per heavy atom. The number of aromatic nitrogens is 3. The van der Waals surface area contributed by atoms with Crippen molar-refractivity contribution in [1.82, 2.24) is 20.5 Å². The van der Waals surface area contributed by atoms with E-state index in [1.54, 1.807) is 6.92 Å². The Kier molecular flexibility index (Phi) is 4.49. The van der Waals surface area contributed by atoms with E-state index in [1.165, 1.54) is 12.1 Å². The van der Waals surface area contributed by atoms with Crippen molar-refractivity contribution in [2.75, 3.05) is 6.54 Å². The molecule has 0 saturated carbocycles. The summed E-state index contributed by atoms with van der Waals surface area (Å²) in [7, 11) is 0. The van der Waals surface area contributed by atoms with E-state index in [4.69, 9.17) is 0 Å². The summed E-state index contributed by atoms with van der Waals surface area (Å²) in [6.45, 7) is 4.84. The minimum atomic E-state index is -0.597. The molecular formula is C12H14F2N4S. The van der Waals surface area contributed by atoms with Crippen molar-refractivity contribution in [3.05, 3.63) is 35.2 Å². The Balaban J connectivity index is 2.21. The molecule has 2 rings (SSSR count). The molecule has 7 heteroatoms. The van der Waals surface area contributed by atoms with Crippen LogP contribution in [0.25, 0.3) is 0 Å². The fourth-order valence-electron chi connectivity index (χ4n) is 1.54. The number of benzene rings is 1. The van der Waals surface area contributed by atoms with Gasteiger partial charge in [-0.15, -0.1) is 5.10 Å². The van der Waals surface area contributed by atoms with E-state index in [2.05, 4.69) is 20.5 Å². The number of hydrogen-bond donors (Lipinski definition) is 2. The molecule has 0 bridgehead atoms. The summed E-state index contributed by atoms with van der Waals surface area (Å²) in [5.41, 5.74) is 0.576.